The fraction of sp³-hybridized carbons (Fsp3) is 0.667. The van der Waals surface area contributed by atoms with Crippen molar-refractivity contribution >= 4 is 11.9 Å². The van der Waals surface area contributed by atoms with Gasteiger partial charge in [0.2, 0.25) is 6.17 Å². The molecule has 0 rings (SSSR count). The Hall–Kier alpha value is -1.59. The Morgan fingerprint density at radius 3 is 1.44 bits per heavy atom. The summed E-state index contributed by atoms with van der Waals surface area (Å²) in [6, 6.07) is 0. The minimum atomic E-state index is -6.39. The highest BCUT2D eigenvalue weighted by atomic mass is 19.3. The SMILES string of the molecule is O.O=C(O)C(F)(F)C(F)C(F)(F)C(F)(F)C(=O)O. The third-order valence-corrected chi connectivity index (χ3v) is 1.61. The van der Waals surface area contributed by atoms with E-state index in [1.165, 1.54) is 0 Å². The Balaban J connectivity index is 0. The van der Waals surface area contributed by atoms with E-state index in [0.29, 0.717) is 0 Å². The summed E-state index contributed by atoms with van der Waals surface area (Å²) in [4.78, 5) is 19.4. The molecule has 0 saturated carbocycles. The zero-order valence-electron chi connectivity index (χ0n) is 7.93. The van der Waals surface area contributed by atoms with Crippen molar-refractivity contribution in [3.05, 3.63) is 0 Å². The lowest BCUT2D eigenvalue weighted by Crippen LogP contribution is -2.60. The molecule has 0 spiro atoms. The van der Waals surface area contributed by atoms with Crippen LogP contribution in [0.4, 0.5) is 30.7 Å². The van der Waals surface area contributed by atoms with Gasteiger partial charge in [-0.1, -0.05) is 0 Å². The van der Waals surface area contributed by atoms with Gasteiger partial charge >= 0.3 is 29.7 Å². The minimum Gasteiger partial charge on any atom is -0.477 e. The Morgan fingerprint density at radius 1 is 0.889 bits per heavy atom. The van der Waals surface area contributed by atoms with Crippen LogP contribution in [0.15, 0.2) is 0 Å². The van der Waals surface area contributed by atoms with E-state index in [-0.39, 0.29) is 5.48 Å². The maximum absolute atomic E-state index is 12.5. The van der Waals surface area contributed by atoms with Gasteiger partial charge in [-0.15, -0.1) is 0 Å². The third kappa shape index (κ3) is 2.63. The number of aliphatic carboxylic acids is 2. The van der Waals surface area contributed by atoms with Crippen LogP contribution in [-0.2, 0) is 9.59 Å². The van der Waals surface area contributed by atoms with Gasteiger partial charge in [0.1, 0.15) is 0 Å². The summed E-state index contributed by atoms with van der Waals surface area (Å²) in [7, 11) is 0. The van der Waals surface area contributed by atoms with Crippen molar-refractivity contribution in [3.63, 3.8) is 0 Å². The summed E-state index contributed by atoms with van der Waals surface area (Å²) >= 11 is 0. The van der Waals surface area contributed by atoms with Crippen molar-refractivity contribution in [1.82, 2.24) is 0 Å². The van der Waals surface area contributed by atoms with E-state index in [0.717, 1.165) is 0 Å². The lowest BCUT2D eigenvalue weighted by atomic mass is 10.0. The molecule has 1 atom stereocenters. The number of hydrogen-bond acceptors (Lipinski definition) is 2. The molecular formula is C6H5F7O5. The number of alkyl halides is 7. The summed E-state index contributed by atoms with van der Waals surface area (Å²) in [6.45, 7) is 0. The molecular weight excluding hydrogens is 285 g/mol. The normalized spacial score (nSPS) is 14.6. The number of halogens is 7. The standard InChI is InChI=1S/C6H3F7O4.H2O/c7-1(4(8,9)2(14)15)5(10,11)6(12,13)3(16)17;/h1H,(H,14,15)(H,16,17);1H2. The molecule has 4 N–H and O–H groups in total. The molecule has 18 heavy (non-hydrogen) atoms. The predicted octanol–water partition coefficient (Wildman–Crippen LogP) is 0.575. The number of carbonyl (C=O) groups is 2. The largest absolute Gasteiger partial charge is 0.477 e. The molecule has 108 valence electrons. The molecule has 5 nitrogen and oxygen atoms in total. The van der Waals surface area contributed by atoms with Crippen molar-refractivity contribution in [2.24, 2.45) is 0 Å². The van der Waals surface area contributed by atoms with Crippen molar-refractivity contribution < 1.29 is 56.0 Å². The van der Waals surface area contributed by atoms with Crippen molar-refractivity contribution in [2.75, 3.05) is 0 Å². The number of carboxylic acid groups (broad SMARTS) is 2. The van der Waals surface area contributed by atoms with E-state index in [2.05, 4.69) is 0 Å². The highest BCUT2D eigenvalue weighted by Gasteiger charge is 2.74. The average molecular weight is 290 g/mol. The van der Waals surface area contributed by atoms with Crippen LogP contribution in [0.1, 0.15) is 0 Å². The maximum atomic E-state index is 12.5. The summed E-state index contributed by atoms with van der Waals surface area (Å²) in [6.07, 6.45) is -5.20. The van der Waals surface area contributed by atoms with E-state index < -0.39 is 35.9 Å². The van der Waals surface area contributed by atoms with Crippen molar-refractivity contribution in [2.45, 2.75) is 23.9 Å². The molecule has 0 amide bonds. The molecule has 0 aromatic carbocycles. The minimum absolute atomic E-state index is 0. The van der Waals surface area contributed by atoms with E-state index in [9.17, 15) is 40.3 Å². The lowest BCUT2D eigenvalue weighted by Gasteiger charge is -2.28. The van der Waals surface area contributed by atoms with Crippen LogP contribution in [-0.4, -0.2) is 51.6 Å². The molecule has 0 heterocycles. The second-order valence-corrected chi connectivity index (χ2v) is 2.79. The monoisotopic (exact) mass is 290 g/mol. The van der Waals surface area contributed by atoms with Crippen molar-refractivity contribution in [3.8, 4) is 0 Å². The van der Waals surface area contributed by atoms with Gasteiger partial charge in [-0.3, -0.25) is 0 Å². The quantitative estimate of drug-likeness (QED) is 0.722. The fourth-order valence-electron chi connectivity index (χ4n) is 0.638. The molecule has 0 saturated heterocycles. The summed E-state index contributed by atoms with van der Waals surface area (Å²) < 4.78 is 86.3. The molecule has 0 aliphatic rings. The van der Waals surface area contributed by atoms with Crippen LogP contribution < -0.4 is 0 Å². The van der Waals surface area contributed by atoms with Crippen LogP contribution in [0, 0.1) is 0 Å². The first-order valence-electron chi connectivity index (χ1n) is 3.53. The van der Waals surface area contributed by atoms with Gasteiger partial charge in [0.05, 0.1) is 0 Å². The van der Waals surface area contributed by atoms with Gasteiger partial charge in [-0.05, 0) is 0 Å². The second kappa shape index (κ2) is 4.96. The van der Waals surface area contributed by atoms with Crippen LogP contribution in [0.25, 0.3) is 0 Å². The molecule has 0 bridgehead atoms. The highest BCUT2D eigenvalue weighted by Crippen LogP contribution is 2.44. The van der Waals surface area contributed by atoms with E-state index >= 15 is 0 Å². The molecule has 0 fully saturated rings. The van der Waals surface area contributed by atoms with Crippen LogP contribution in [0.3, 0.4) is 0 Å². The number of rotatable bonds is 5. The topological polar surface area (TPSA) is 106 Å². The fourth-order valence-corrected chi connectivity index (χ4v) is 0.638. The maximum Gasteiger partial charge on any atom is 0.407 e. The van der Waals surface area contributed by atoms with Crippen LogP contribution in [0.2, 0.25) is 0 Å². The Kier molecular flexibility index (Phi) is 5.17. The molecule has 1 unspecified atom stereocenters. The van der Waals surface area contributed by atoms with E-state index in [4.69, 9.17) is 10.2 Å². The Bertz CT molecular complexity index is 341. The second-order valence-electron chi connectivity index (χ2n) is 2.79. The zero-order chi connectivity index (χ0) is 14.2. The van der Waals surface area contributed by atoms with Crippen LogP contribution in [0.5, 0.6) is 0 Å². The first-order chi connectivity index (χ1) is 7.29. The van der Waals surface area contributed by atoms with E-state index in [1.54, 1.807) is 0 Å². The molecule has 0 aromatic rings. The van der Waals surface area contributed by atoms with Gasteiger partial charge in [0.15, 0.2) is 0 Å². The molecule has 0 radical (unpaired) electrons. The smallest absolute Gasteiger partial charge is 0.407 e. The highest BCUT2D eigenvalue weighted by molar-refractivity contribution is 5.79. The predicted molar refractivity (Wildman–Crippen MR) is 38.6 cm³/mol. The average Bonchev–Trinajstić information content (AvgIpc) is 2.15. The Morgan fingerprint density at radius 2 is 1.22 bits per heavy atom. The lowest BCUT2D eigenvalue weighted by molar-refractivity contribution is -0.273. The summed E-state index contributed by atoms with van der Waals surface area (Å²) in [5, 5.41) is 15.3. The molecule has 0 aliphatic heterocycles. The zero-order valence-corrected chi connectivity index (χ0v) is 7.93. The van der Waals surface area contributed by atoms with E-state index in [1.807, 2.05) is 0 Å². The van der Waals surface area contributed by atoms with Gasteiger partial charge in [-0.2, -0.15) is 26.3 Å². The first-order valence-corrected chi connectivity index (χ1v) is 3.53. The summed E-state index contributed by atoms with van der Waals surface area (Å²) in [5.41, 5.74) is 0. The van der Waals surface area contributed by atoms with Gasteiger partial charge < -0.3 is 15.7 Å². The number of hydrogen-bond donors (Lipinski definition) is 2. The van der Waals surface area contributed by atoms with Gasteiger partial charge in [-0.25, -0.2) is 14.0 Å². The van der Waals surface area contributed by atoms with Gasteiger partial charge in [0, 0.05) is 0 Å². The molecule has 0 aromatic heterocycles. The van der Waals surface area contributed by atoms with Crippen LogP contribution >= 0.6 is 0 Å². The first kappa shape index (κ1) is 18.8. The third-order valence-electron chi connectivity index (χ3n) is 1.61. The van der Waals surface area contributed by atoms with Gasteiger partial charge in [0.25, 0.3) is 0 Å². The number of carboxylic acids is 2. The molecule has 12 heteroatoms. The summed E-state index contributed by atoms with van der Waals surface area (Å²) in [5.74, 6) is -25.4. The molecule has 0 aliphatic carbocycles. The van der Waals surface area contributed by atoms with Crippen molar-refractivity contribution in [1.29, 1.82) is 0 Å². The Labute approximate surface area is 93.1 Å².